The first-order valence-electron chi connectivity index (χ1n) is 10.1. The molecule has 0 spiro atoms. The summed E-state index contributed by atoms with van der Waals surface area (Å²) in [5.41, 5.74) is 15.8. The Bertz CT molecular complexity index is 1330. The van der Waals surface area contributed by atoms with Crippen molar-refractivity contribution in [2.45, 2.75) is 6.92 Å². The molecule has 144 valence electrons. The Hall–Kier alpha value is -3.91. The Kier molecular flexibility index (Phi) is 4.53. The van der Waals surface area contributed by atoms with E-state index in [1.165, 1.54) is 16.7 Å². The first-order valence-corrected chi connectivity index (χ1v) is 10.1. The molecule has 0 bridgehead atoms. The highest BCUT2D eigenvalue weighted by atomic mass is 14.7. The van der Waals surface area contributed by atoms with Crippen molar-refractivity contribution >= 4 is 16.6 Å². The van der Waals surface area contributed by atoms with Crippen LogP contribution >= 0.6 is 0 Å². The maximum Gasteiger partial charge on any atom is 0.0780 e. The fourth-order valence-corrected chi connectivity index (χ4v) is 3.84. The number of para-hydroxylation sites is 1. The number of aryl methyl sites for hydroxylation is 1. The Morgan fingerprint density at radius 1 is 0.600 bits per heavy atom. The molecule has 0 aliphatic heterocycles. The predicted octanol–water partition coefficient (Wildman–Crippen LogP) is 7.13. The molecule has 2 nitrogen and oxygen atoms in total. The van der Waals surface area contributed by atoms with E-state index in [-0.39, 0.29) is 0 Å². The van der Waals surface area contributed by atoms with Crippen LogP contribution in [-0.2, 0) is 0 Å². The molecular weight excluding hydrogens is 364 g/mol. The van der Waals surface area contributed by atoms with E-state index >= 15 is 0 Å². The van der Waals surface area contributed by atoms with Gasteiger partial charge in [-0.3, -0.25) is 4.98 Å². The van der Waals surface area contributed by atoms with Crippen LogP contribution in [-0.4, -0.2) is 4.98 Å². The van der Waals surface area contributed by atoms with Gasteiger partial charge in [-0.05, 0) is 53.4 Å². The Balaban J connectivity index is 1.57. The maximum atomic E-state index is 5.83. The molecule has 0 aliphatic rings. The van der Waals surface area contributed by atoms with Crippen LogP contribution < -0.4 is 5.73 Å². The second-order valence-electron chi connectivity index (χ2n) is 7.67. The fourth-order valence-electron chi connectivity index (χ4n) is 3.84. The van der Waals surface area contributed by atoms with Crippen LogP contribution in [0, 0.1) is 6.92 Å². The topological polar surface area (TPSA) is 38.9 Å². The lowest BCUT2D eigenvalue weighted by molar-refractivity contribution is 1.40. The summed E-state index contributed by atoms with van der Waals surface area (Å²) < 4.78 is 0. The van der Waals surface area contributed by atoms with Gasteiger partial charge in [-0.25, -0.2) is 0 Å². The monoisotopic (exact) mass is 386 g/mol. The number of aromatic nitrogens is 1. The molecule has 1 aromatic heterocycles. The number of anilines is 1. The van der Waals surface area contributed by atoms with Crippen LogP contribution in [0.3, 0.4) is 0 Å². The van der Waals surface area contributed by atoms with Gasteiger partial charge >= 0.3 is 0 Å². The molecule has 5 rings (SSSR count). The number of nitrogen functional groups attached to an aromatic ring is 1. The lowest BCUT2D eigenvalue weighted by Crippen LogP contribution is -1.88. The van der Waals surface area contributed by atoms with Crippen LogP contribution in [0.4, 0.5) is 5.69 Å². The molecule has 0 fully saturated rings. The van der Waals surface area contributed by atoms with Crippen molar-refractivity contribution in [3.05, 3.63) is 109 Å². The van der Waals surface area contributed by atoms with Gasteiger partial charge < -0.3 is 5.73 Å². The second-order valence-corrected chi connectivity index (χ2v) is 7.67. The molecular formula is C28H22N2. The Labute approximate surface area is 176 Å². The first-order chi connectivity index (χ1) is 14.7. The number of nitrogens with two attached hydrogens (primary N) is 1. The number of benzene rings is 4. The minimum atomic E-state index is 0.776. The van der Waals surface area contributed by atoms with E-state index in [1.54, 1.807) is 0 Å². The van der Waals surface area contributed by atoms with Gasteiger partial charge in [0, 0.05) is 28.4 Å². The molecule has 2 heteroatoms. The van der Waals surface area contributed by atoms with Gasteiger partial charge in [-0.15, -0.1) is 0 Å². The molecule has 0 atom stereocenters. The zero-order chi connectivity index (χ0) is 20.5. The summed E-state index contributed by atoms with van der Waals surface area (Å²) in [6.07, 6.45) is 1.97. The van der Waals surface area contributed by atoms with Gasteiger partial charge in [-0.1, -0.05) is 78.4 Å². The minimum Gasteiger partial charge on any atom is -0.399 e. The highest BCUT2D eigenvalue weighted by Gasteiger charge is 2.08. The minimum absolute atomic E-state index is 0.776. The van der Waals surface area contributed by atoms with E-state index in [4.69, 9.17) is 10.7 Å². The molecule has 30 heavy (non-hydrogen) atoms. The first kappa shape index (κ1) is 18.1. The molecule has 0 radical (unpaired) electrons. The molecule has 0 amide bonds. The van der Waals surface area contributed by atoms with Crippen molar-refractivity contribution < 1.29 is 0 Å². The largest absolute Gasteiger partial charge is 0.399 e. The molecule has 4 aromatic carbocycles. The zero-order valence-corrected chi connectivity index (χ0v) is 16.8. The molecule has 0 saturated heterocycles. The van der Waals surface area contributed by atoms with Crippen molar-refractivity contribution in [2.75, 3.05) is 5.73 Å². The second kappa shape index (κ2) is 7.49. The lowest BCUT2D eigenvalue weighted by Gasteiger charge is -2.10. The number of rotatable bonds is 3. The lowest BCUT2D eigenvalue weighted by atomic mass is 9.97. The summed E-state index contributed by atoms with van der Waals surface area (Å²) in [6, 6.07) is 33.8. The molecule has 0 saturated carbocycles. The van der Waals surface area contributed by atoms with E-state index in [1.807, 2.05) is 18.3 Å². The van der Waals surface area contributed by atoms with Gasteiger partial charge in [-0.2, -0.15) is 0 Å². The quantitative estimate of drug-likeness (QED) is 0.335. The van der Waals surface area contributed by atoms with E-state index in [2.05, 4.69) is 91.9 Å². The van der Waals surface area contributed by atoms with Crippen molar-refractivity contribution in [1.82, 2.24) is 4.98 Å². The maximum absolute atomic E-state index is 5.83. The van der Waals surface area contributed by atoms with E-state index < -0.39 is 0 Å². The summed E-state index contributed by atoms with van der Waals surface area (Å²) in [5.74, 6) is 0. The molecule has 0 aliphatic carbocycles. The number of hydrogen-bond acceptors (Lipinski definition) is 2. The standard InChI is InChI=1S/C28H22N2/c1-19-8-10-21(11-9-19)27-7-3-6-24-17-25(18-30-28(24)27)23-5-2-4-22(16-23)20-12-14-26(29)15-13-20/h2-18H,29H2,1H3. The number of nitrogens with zero attached hydrogens (tertiary/aromatic N) is 1. The average molecular weight is 386 g/mol. The summed E-state index contributed by atoms with van der Waals surface area (Å²) in [7, 11) is 0. The van der Waals surface area contributed by atoms with Crippen molar-refractivity contribution in [3.63, 3.8) is 0 Å². The number of pyridine rings is 1. The van der Waals surface area contributed by atoms with Crippen molar-refractivity contribution in [2.24, 2.45) is 0 Å². The molecule has 1 heterocycles. The van der Waals surface area contributed by atoms with Gasteiger partial charge in [0.15, 0.2) is 0 Å². The van der Waals surface area contributed by atoms with Gasteiger partial charge in [0.1, 0.15) is 0 Å². The number of fused-ring (bicyclic) bond motifs is 1. The van der Waals surface area contributed by atoms with Gasteiger partial charge in [0.25, 0.3) is 0 Å². The zero-order valence-electron chi connectivity index (χ0n) is 16.8. The van der Waals surface area contributed by atoms with Crippen LogP contribution in [0.15, 0.2) is 103 Å². The Morgan fingerprint density at radius 3 is 2.03 bits per heavy atom. The third kappa shape index (κ3) is 3.44. The fraction of sp³-hybridized carbons (Fsp3) is 0.0357. The van der Waals surface area contributed by atoms with Gasteiger partial charge in [0.2, 0.25) is 0 Å². The molecule has 0 unspecified atom stereocenters. The summed E-state index contributed by atoms with van der Waals surface area (Å²) >= 11 is 0. The molecule has 5 aromatic rings. The SMILES string of the molecule is Cc1ccc(-c2cccc3cc(-c4cccc(-c5ccc(N)cc5)c4)cnc23)cc1. The highest BCUT2D eigenvalue weighted by molar-refractivity contribution is 5.95. The smallest absolute Gasteiger partial charge is 0.0780 e. The van der Waals surface area contributed by atoms with E-state index in [0.29, 0.717) is 0 Å². The Morgan fingerprint density at radius 2 is 1.27 bits per heavy atom. The molecule has 2 N–H and O–H groups in total. The van der Waals surface area contributed by atoms with Crippen LogP contribution in [0.2, 0.25) is 0 Å². The van der Waals surface area contributed by atoms with Crippen LogP contribution in [0.5, 0.6) is 0 Å². The number of hydrogen-bond donors (Lipinski definition) is 1. The summed E-state index contributed by atoms with van der Waals surface area (Å²) in [6.45, 7) is 2.11. The van der Waals surface area contributed by atoms with Gasteiger partial charge in [0.05, 0.1) is 5.52 Å². The highest BCUT2D eigenvalue weighted by Crippen LogP contribution is 2.32. The predicted molar refractivity (Wildman–Crippen MR) is 127 cm³/mol. The van der Waals surface area contributed by atoms with Crippen molar-refractivity contribution in [1.29, 1.82) is 0 Å². The summed E-state index contributed by atoms with van der Waals surface area (Å²) in [5, 5.41) is 1.14. The normalized spacial score (nSPS) is 11.0. The van der Waals surface area contributed by atoms with Crippen LogP contribution in [0.25, 0.3) is 44.3 Å². The third-order valence-electron chi connectivity index (χ3n) is 5.51. The van der Waals surface area contributed by atoms with Crippen LogP contribution in [0.1, 0.15) is 5.56 Å². The summed E-state index contributed by atoms with van der Waals surface area (Å²) in [4.78, 5) is 4.85. The average Bonchev–Trinajstić information content (AvgIpc) is 2.79. The van der Waals surface area contributed by atoms with E-state index in [0.717, 1.165) is 38.8 Å². The third-order valence-corrected chi connectivity index (χ3v) is 5.51. The van der Waals surface area contributed by atoms with Crippen molar-refractivity contribution in [3.8, 4) is 33.4 Å². The van der Waals surface area contributed by atoms with E-state index in [9.17, 15) is 0 Å².